The number of aliphatic carboxylic acids is 1. The van der Waals surface area contributed by atoms with Crippen LogP contribution in [0.15, 0.2) is 83.8 Å². The van der Waals surface area contributed by atoms with Gasteiger partial charge in [-0.15, -0.1) is 0 Å². The topological polar surface area (TPSA) is 91.8 Å². The third-order valence-corrected chi connectivity index (χ3v) is 7.99. The van der Waals surface area contributed by atoms with Crippen molar-refractivity contribution in [3.63, 3.8) is 0 Å². The molecule has 36 heavy (non-hydrogen) atoms. The van der Waals surface area contributed by atoms with Crippen molar-refractivity contribution in [1.82, 2.24) is 4.31 Å². The summed E-state index contributed by atoms with van der Waals surface area (Å²) in [4.78, 5) is 22.4. The van der Waals surface area contributed by atoms with E-state index in [1.165, 1.54) is 28.6 Å². The van der Waals surface area contributed by atoms with E-state index in [4.69, 9.17) is 23.2 Å². The van der Waals surface area contributed by atoms with E-state index in [1.54, 1.807) is 42.5 Å². The molecule has 0 amide bonds. The fourth-order valence-corrected chi connectivity index (χ4v) is 5.24. The lowest BCUT2D eigenvalue weighted by Gasteiger charge is -2.21. The minimum Gasteiger partial charge on any atom is -0.481 e. The molecule has 188 valence electrons. The maximum absolute atomic E-state index is 13.4. The molecule has 0 bridgehead atoms. The first kappa shape index (κ1) is 27.6. The van der Waals surface area contributed by atoms with Gasteiger partial charge in [0.1, 0.15) is 6.29 Å². The van der Waals surface area contributed by atoms with Crippen molar-refractivity contribution in [3.05, 3.63) is 106 Å². The Morgan fingerprint density at radius 3 is 2.06 bits per heavy atom. The number of aldehydes is 1. The molecule has 0 fully saturated rings. The number of sulfonamides is 1. The Hall–Kier alpha value is -2.97. The lowest BCUT2D eigenvalue weighted by Crippen LogP contribution is -2.33. The zero-order valence-electron chi connectivity index (χ0n) is 19.3. The lowest BCUT2D eigenvalue weighted by molar-refractivity contribution is -0.139. The van der Waals surface area contributed by atoms with E-state index in [-0.39, 0.29) is 24.4 Å². The summed E-state index contributed by atoms with van der Waals surface area (Å²) >= 11 is 11.9. The summed E-state index contributed by atoms with van der Waals surface area (Å²) in [6.45, 7) is 0.345. The van der Waals surface area contributed by atoms with Crippen molar-refractivity contribution in [2.75, 3.05) is 13.1 Å². The molecule has 3 aromatic carbocycles. The second-order valence-corrected chi connectivity index (χ2v) is 10.9. The first-order valence-electron chi connectivity index (χ1n) is 11.1. The summed E-state index contributed by atoms with van der Waals surface area (Å²) in [5.74, 6) is -1.97. The van der Waals surface area contributed by atoms with Crippen LogP contribution in [0.1, 0.15) is 29.0 Å². The van der Waals surface area contributed by atoms with Crippen molar-refractivity contribution in [3.8, 4) is 0 Å². The Balaban J connectivity index is 1.79. The smallest absolute Gasteiger partial charge is 0.311 e. The van der Waals surface area contributed by atoms with Gasteiger partial charge in [-0.25, -0.2) is 8.42 Å². The average molecular weight is 546 g/mol. The lowest BCUT2D eigenvalue weighted by atomic mass is 9.95. The molecule has 3 aromatic rings. The summed E-state index contributed by atoms with van der Waals surface area (Å²) in [6.07, 6.45) is 4.49. The molecule has 9 heteroatoms. The van der Waals surface area contributed by atoms with Crippen LogP contribution >= 0.6 is 23.2 Å². The average Bonchev–Trinajstić information content (AvgIpc) is 2.86. The summed E-state index contributed by atoms with van der Waals surface area (Å²) in [5.41, 5.74) is 2.25. The summed E-state index contributed by atoms with van der Waals surface area (Å²) in [5, 5.41) is 10.4. The zero-order chi connectivity index (χ0) is 26.1. The third-order valence-electron chi connectivity index (χ3n) is 5.60. The Kier molecular flexibility index (Phi) is 9.84. The Labute approximate surface area is 220 Å². The second-order valence-electron chi connectivity index (χ2n) is 8.06. The molecule has 1 atom stereocenters. The van der Waals surface area contributed by atoms with Crippen molar-refractivity contribution in [1.29, 1.82) is 0 Å². The van der Waals surface area contributed by atoms with Gasteiger partial charge in [-0.1, -0.05) is 71.8 Å². The fraction of sp³-hybridized carbons (Fsp3) is 0.185. The molecule has 0 aromatic heterocycles. The van der Waals surface area contributed by atoms with Crippen molar-refractivity contribution >= 4 is 51.6 Å². The minimum absolute atomic E-state index is 0.109. The van der Waals surface area contributed by atoms with Crippen LogP contribution in [-0.4, -0.2) is 43.2 Å². The molecule has 3 rings (SSSR count). The number of hydrogen-bond acceptors (Lipinski definition) is 4. The predicted octanol–water partition coefficient (Wildman–Crippen LogP) is 5.70. The fourth-order valence-electron chi connectivity index (χ4n) is 3.59. The van der Waals surface area contributed by atoms with Crippen LogP contribution in [0.3, 0.4) is 0 Å². The Morgan fingerprint density at radius 1 is 0.917 bits per heavy atom. The SMILES string of the molecule is O=CCC(C(=O)O)c1ccc(CCN(C/C=C/c2ccc(Cl)cc2)S(=O)(=O)c2ccc(Cl)cc2)cc1. The third kappa shape index (κ3) is 7.51. The van der Waals surface area contributed by atoms with Gasteiger partial charge in [0.25, 0.3) is 0 Å². The maximum Gasteiger partial charge on any atom is 0.311 e. The molecular formula is C27H25Cl2NO5S. The standard InChI is InChI=1S/C27H25Cl2NO5S/c28-23-9-5-20(6-10-23)2-1-17-30(36(34,35)25-13-11-24(29)12-14-25)18-15-21-3-7-22(8-4-21)26(16-19-31)27(32)33/h1-14,19,26H,15-18H2,(H,32,33)/b2-1+. The molecule has 0 aliphatic rings. The molecule has 0 radical (unpaired) electrons. The van der Waals surface area contributed by atoms with Crippen LogP contribution in [0.5, 0.6) is 0 Å². The summed E-state index contributed by atoms with van der Waals surface area (Å²) in [6, 6.07) is 20.1. The normalized spacial score (nSPS) is 12.6. The van der Waals surface area contributed by atoms with Crippen molar-refractivity contribution < 1.29 is 23.1 Å². The highest BCUT2D eigenvalue weighted by Crippen LogP contribution is 2.22. The van der Waals surface area contributed by atoms with E-state index >= 15 is 0 Å². The molecule has 0 spiro atoms. The number of carboxylic acids is 1. The van der Waals surface area contributed by atoms with E-state index < -0.39 is 21.9 Å². The van der Waals surface area contributed by atoms with Gasteiger partial charge in [0.05, 0.1) is 10.8 Å². The number of nitrogens with zero attached hydrogens (tertiary/aromatic N) is 1. The summed E-state index contributed by atoms with van der Waals surface area (Å²) in [7, 11) is -3.80. The van der Waals surface area contributed by atoms with Gasteiger partial charge >= 0.3 is 5.97 Å². The van der Waals surface area contributed by atoms with Crippen LogP contribution in [-0.2, 0) is 26.0 Å². The van der Waals surface area contributed by atoms with E-state index in [1.807, 2.05) is 18.2 Å². The van der Waals surface area contributed by atoms with Gasteiger partial charge in [0.2, 0.25) is 10.0 Å². The van der Waals surface area contributed by atoms with Crippen LogP contribution in [0, 0.1) is 0 Å². The van der Waals surface area contributed by atoms with E-state index in [9.17, 15) is 23.1 Å². The minimum atomic E-state index is -3.80. The quantitative estimate of drug-likeness (QED) is 0.295. The largest absolute Gasteiger partial charge is 0.481 e. The van der Waals surface area contributed by atoms with Crippen molar-refractivity contribution in [2.24, 2.45) is 0 Å². The van der Waals surface area contributed by atoms with Crippen LogP contribution in [0.25, 0.3) is 6.08 Å². The highest BCUT2D eigenvalue weighted by Gasteiger charge is 2.24. The number of hydrogen-bond donors (Lipinski definition) is 1. The molecule has 0 aliphatic heterocycles. The Morgan fingerprint density at radius 2 is 1.50 bits per heavy atom. The van der Waals surface area contributed by atoms with Gasteiger partial charge in [0, 0.05) is 29.6 Å². The molecular weight excluding hydrogens is 521 g/mol. The number of halogens is 2. The number of rotatable bonds is 12. The molecule has 1 unspecified atom stereocenters. The molecule has 1 N–H and O–H groups in total. The van der Waals surface area contributed by atoms with Crippen molar-refractivity contribution in [2.45, 2.75) is 23.7 Å². The number of benzene rings is 3. The molecule has 6 nitrogen and oxygen atoms in total. The van der Waals surface area contributed by atoms with Gasteiger partial charge in [-0.05, 0) is 59.5 Å². The highest BCUT2D eigenvalue weighted by atomic mass is 35.5. The maximum atomic E-state index is 13.4. The number of carbonyl (C=O) groups excluding carboxylic acids is 1. The van der Waals surface area contributed by atoms with Crippen LogP contribution in [0.4, 0.5) is 0 Å². The zero-order valence-corrected chi connectivity index (χ0v) is 21.6. The second kappa shape index (κ2) is 12.8. The highest BCUT2D eigenvalue weighted by molar-refractivity contribution is 7.89. The van der Waals surface area contributed by atoms with Gasteiger partial charge in [-0.3, -0.25) is 4.79 Å². The van der Waals surface area contributed by atoms with Gasteiger partial charge in [0.15, 0.2) is 0 Å². The monoisotopic (exact) mass is 545 g/mol. The number of carboxylic acid groups (broad SMARTS) is 1. The molecule has 0 aliphatic carbocycles. The van der Waals surface area contributed by atoms with Crippen LogP contribution in [0.2, 0.25) is 10.0 Å². The summed E-state index contributed by atoms with van der Waals surface area (Å²) < 4.78 is 28.1. The molecule has 0 saturated carbocycles. The predicted molar refractivity (Wildman–Crippen MR) is 142 cm³/mol. The Bertz CT molecular complexity index is 1310. The van der Waals surface area contributed by atoms with Gasteiger partial charge < -0.3 is 9.90 Å². The van der Waals surface area contributed by atoms with E-state index in [0.29, 0.717) is 28.3 Å². The van der Waals surface area contributed by atoms with Gasteiger partial charge in [-0.2, -0.15) is 4.31 Å². The molecule has 0 saturated heterocycles. The first-order chi connectivity index (χ1) is 17.2. The first-order valence-corrected chi connectivity index (χ1v) is 13.3. The van der Waals surface area contributed by atoms with E-state index in [0.717, 1.165) is 11.1 Å². The number of carbonyl (C=O) groups is 2. The van der Waals surface area contributed by atoms with E-state index in [2.05, 4.69) is 0 Å². The molecule has 0 heterocycles. The van der Waals surface area contributed by atoms with Crippen LogP contribution < -0.4 is 0 Å².